The van der Waals surface area contributed by atoms with Crippen LogP contribution >= 0.6 is 8.69 Å². The molecule has 4 heteroatoms. The predicted octanol–water partition coefficient (Wildman–Crippen LogP) is 0.185. The van der Waals surface area contributed by atoms with Crippen LogP contribution in [0.3, 0.4) is 0 Å². The van der Waals surface area contributed by atoms with Crippen molar-refractivity contribution in [3.8, 4) is 0 Å². The van der Waals surface area contributed by atoms with Crippen LogP contribution in [0.5, 0.6) is 0 Å². The molecule has 4 heavy (non-hydrogen) atoms. The third-order valence-corrected chi connectivity index (χ3v) is 0. The Hall–Kier alpha value is 1.38. The van der Waals surface area contributed by atoms with E-state index in [1.54, 1.807) is 0 Å². The molecule has 0 amide bonds. The summed E-state index contributed by atoms with van der Waals surface area (Å²) in [4.78, 5) is 6.99. The second-order valence-corrected chi connectivity index (χ2v) is 0.245. The van der Waals surface area contributed by atoms with Crippen molar-refractivity contribution in [2.45, 2.75) is 0 Å². The number of hydrogen-bond donors (Lipinski definition) is 1. The summed E-state index contributed by atoms with van der Waals surface area (Å²) in [6.07, 6.45) is 0. The zero-order valence-electron chi connectivity index (χ0n) is 1.66. The Labute approximate surface area is 57.6 Å². The van der Waals surface area contributed by atoms with E-state index in [1.807, 2.05) is 0 Å². The van der Waals surface area contributed by atoms with Gasteiger partial charge in [-0.15, -0.1) is 0 Å². The van der Waals surface area contributed by atoms with Crippen molar-refractivity contribution in [1.82, 2.24) is 0 Å². The Morgan fingerprint density at radius 1 is 1.75 bits per heavy atom. The van der Waals surface area contributed by atoms with E-state index in [-0.39, 0.29) is 39.9 Å². The van der Waals surface area contributed by atoms with Gasteiger partial charge in [-0.2, -0.15) is 0 Å². The van der Waals surface area contributed by atoms with E-state index in [0.717, 1.165) is 0 Å². The molecule has 0 aromatic heterocycles. The second-order valence-electron chi connectivity index (χ2n) is 0.0816. The Bertz CT molecular complexity index is 13.5. The summed E-state index contributed by atoms with van der Waals surface area (Å²) in [5.74, 6) is 0. The van der Waals surface area contributed by atoms with E-state index in [1.165, 1.54) is 0 Å². The van der Waals surface area contributed by atoms with Gasteiger partial charge in [-0.25, -0.2) is 4.57 Å². The van der Waals surface area contributed by atoms with Crippen LogP contribution in [-0.4, -0.2) is 4.89 Å². The minimum atomic E-state index is -0.833. The molecule has 0 saturated carbocycles. The van der Waals surface area contributed by atoms with E-state index < -0.39 is 8.69 Å². The Morgan fingerprint density at radius 3 is 1.75 bits per heavy atom. The second kappa shape index (κ2) is 8.83. The summed E-state index contributed by atoms with van der Waals surface area (Å²) >= 11 is 0. The zero-order valence-corrected chi connectivity index (χ0v) is 4.82. The first kappa shape index (κ1) is 9.04. The minimum absolute atomic E-state index is 0. The van der Waals surface area contributed by atoms with Gasteiger partial charge in [-0.3, -0.25) is 0 Å². The topological polar surface area (TPSA) is 37.3 Å². The monoisotopic (exact) mass is 222 g/mol. The van der Waals surface area contributed by atoms with Gasteiger partial charge < -0.3 is 4.89 Å². The van der Waals surface area contributed by atoms with Crippen LogP contribution in [0.1, 0.15) is 0 Å². The van der Waals surface area contributed by atoms with Gasteiger partial charge >= 0.3 is 8.69 Å². The van der Waals surface area contributed by atoms with E-state index in [0.29, 0.717) is 0 Å². The molecular weight excluding hydrogens is 220 g/mol. The van der Waals surface area contributed by atoms with Gasteiger partial charge in [0.2, 0.25) is 0 Å². The first-order valence-electron chi connectivity index (χ1n) is 0.383. The number of rotatable bonds is 0. The normalized spacial score (nSPS) is 5.25. The summed E-state index contributed by atoms with van der Waals surface area (Å²) in [7, 11) is -0.833. The fourth-order valence-electron chi connectivity index (χ4n) is 0. The van der Waals surface area contributed by atoms with Gasteiger partial charge in [0.25, 0.3) is 0 Å². The van der Waals surface area contributed by atoms with Gasteiger partial charge in [0.1, 0.15) is 0 Å². The van der Waals surface area contributed by atoms with Crippen LogP contribution in [-0.2, 0) is 4.57 Å². The Morgan fingerprint density at radius 2 is 1.75 bits per heavy atom. The quantitative estimate of drug-likeness (QED) is 0.593. The molecule has 0 heterocycles. The van der Waals surface area contributed by atoms with Crippen LogP contribution in [0.25, 0.3) is 0 Å². The summed E-state index contributed by atoms with van der Waals surface area (Å²) in [5, 5.41) is 0. The van der Waals surface area contributed by atoms with Crippen molar-refractivity contribution >= 4 is 8.69 Å². The van der Waals surface area contributed by atoms with Crippen molar-refractivity contribution < 1.29 is 49.4 Å². The van der Waals surface area contributed by atoms with Gasteiger partial charge in [-0.05, 0) is 0 Å². The average Bonchev–Trinajstić information content (AvgIpc) is 0.918. The van der Waals surface area contributed by atoms with Crippen molar-refractivity contribution in [2.24, 2.45) is 0 Å². The maximum Gasteiger partial charge on any atom is 0.324 e. The molecule has 0 aromatic rings. The molecular formula is HGdO2P. The molecule has 0 aliphatic rings. The van der Waals surface area contributed by atoms with Gasteiger partial charge in [0.15, 0.2) is 0 Å². The largest absolute Gasteiger partial charge is 0.324 e. The van der Waals surface area contributed by atoms with E-state index >= 15 is 0 Å². The fraction of sp³-hybridized carbons (Fsp3) is 0. The molecule has 2 nitrogen and oxygen atoms in total. The molecule has 0 fully saturated rings. The fourth-order valence-corrected chi connectivity index (χ4v) is 0. The third-order valence-electron chi connectivity index (χ3n) is 0. The molecule has 0 spiro atoms. The summed E-state index contributed by atoms with van der Waals surface area (Å²) in [6.45, 7) is 0. The molecule has 0 radical (unpaired) electrons. The smallest absolute Gasteiger partial charge is 0.310 e. The van der Waals surface area contributed by atoms with Crippen LogP contribution in [0.2, 0.25) is 0 Å². The molecule has 0 aliphatic heterocycles. The molecule has 0 rings (SSSR count). The SMILES string of the molecule is O=PO.[Gd]. The molecule has 0 atom stereocenters. The van der Waals surface area contributed by atoms with E-state index in [9.17, 15) is 0 Å². The van der Waals surface area contributed by atoms with Crippen molar-refractivity contribution in [1.29, 1.82) is 0 Å². The summed E-state index contributed by atoms with van der Waals surface area (Å²) in [6, 6.07) is 0. The molecule has 0 unspecified atom stereocenters. The van der Waals surface area contributed by atoms with E-state index in [2.05, 4.69) is 0 Å². The van der Waals surface area contributed by atoms with E-state index in [4.69, 9.17) is 9.46 Å². The minimum Gasteiger partial charge on any atom is -0.310 e. The van der Waals surface area contributed by atoms with Gasteiger partial charge in [0, 0.05) is 39.9 Å². The van der Waals surface area contributed by atoms with Crippen LogP contribution < -0.4 is 0 Å². The first-order valence-corrected chi connectivity index (χ1v) is 1.15. The molecule has 0 saturated heterocycles. The third kappa shape index (κ3) is 10.0. The van der Waals surface area contributed by atoms with Crippen molar-refractivity contribution in [3.05, 3.63) is 0 Å². The predicted molar refractivity (Wildman–Crippen MR) is 9.83 cm³/mol. The van der Waals surface area contributed by atoms with Crippen molar-refractivity contribution in [2.75, 3.05) is 0 Å². The van der Waals surface area contributed by atoms with Gasteiger partial charge in [-0.1, -0.05) is 0 Å². The molecule has 1 N–H and O–H groups in total. The molecule has 0 bridgehead atoms. The van der Waals surface area contributed by atoms with Crippen LogP contribution in [0, 0.1) is 39.9 Å². The molecule has 0 aromatic carbocycles. The molecule has 26 valence electrons. The first-order chi connectivity index (χ1) is 1.41. The summed E-state index contributed by atoms with van der Waals surface area (Å²) < 4.78 is 8.46. The van der Waals surface area contributed by atoms with Crippen molar-refractivity contribution in [3.63, 3.8) is 0 Å². The number of hydrogen-bond acceptors (Lipinski definition) is 1. The zero-order chi connectivity index (χ0) is 2.71. The molecule has 0 aliphatic carbocycles. The Balaban J connectivity index is 0. The van der Waals surface area contributed by atoms with Crippen LogP contribution in [0.4, 0.5) is 0 Å². The standard InChI is InChI=1S/Gd.HO2P/c;1-3-2/h;(H,1,2). The van der Waals surface area contributed by atoms with Crippen LogP contribution in [0.15, 0.2) is 0 Å². The average molecular weight is 221 g/mol. The maximum absolute atomic E-state index is 8.46. The summed E-state index contributed by atoms with van der Waals surface area (Å²) in [5.41, 5.74) is 0. The van der Waals surface area contributed by atoms with Gasteiger partial charge in [0.05, 0.1) is 0 Å². The Kier molecular flexibility index (Phi) is 20.0. The maximum atomic E-state index is 8.46.